The van der Waals surface area contributed by atoms with Crippen LogP contribution in [0.2, 0.25) is 0 Å². The van der Waals surface area contributed by atoms with Gasteiger partial charge in [-0.1, -0.05) is 36.4 Å². The van der Waals surface area contributed by atoms with Crippen molar-refractivity contribution < 1.29 is 23.2 Å². The lowest BCUT2D eigenvalue weighted by atomic mass is 9.83. The highest BCUT2D eigenvalue weighted by molar-refractivity contribution is 8.18. The van der Waals surface area contributed by atoms with Crippen molar-refractivity contribution in [1.82, 2.24) is 10.2 Å². The topological polar surface area (TPSA) is 66.5 Å². The largest absolute Gasteiger partial charge is 0.354 e. The number of thioether (sulfide) groups is 1. The molecular weight excluding hydrogens is 410 g/mol. The maximum atomic E-state index is 14.1. The molecule has 0 unspecified atom stereocenters. The number of nitrogens with one attached hydrogen (secondary N) is 1. The Labute approximate surface area is 177 Å². The Morgan fingerprint density at radius 3 is 2.37 bits per heavy atom. The molecule has 0 aromatic heterocycles. The summed E-state index contributed by atoms with van der Waals surface area (Å²) < 4.78 is 27.9. The third-order valence-corrected chi connectivity index (χ3v) is 5.71. The minimum atomic E-state index is -1.13. The number of imide groups is 1. The van der Waals surface area contributed by atoms with E-state index in [2.05, 4.69) is 5.32 Å². The van der Waals surface area contributed by atoms with Crippen LogP contribution in [0, 0.1) is 11.6 Å². The average molecular weight is 430 g/mol. The first kappa shape index (κ1) is 21.7. The van der Waals surface area contributed by atoms with Crippen LogP contribution in [-0.2, 0) is 15.0 Å². The van der Waals surface area contributed by atoms with Gasteiger partial charge in [-0.2, -0.15) is 0 Å². The first-order valence-electron chi connectivity index (χ1n) is 9.25. The van der Waals surface area contributed by atoms with Crippen molar-refractivity contribution in [1.29, 1.82) is 0 Å². The summed E-state index contributed by atoms with van der Waals surface area (Å²) in [5.74, 6) is -1.95. The molecule has 3 rings (SSSR count). The van der Waals surface area contributed by atoms with E-state index in [1.807, 2.05) is 0 Å². The lowest BCUT2D eigenvalue weighted by Gasteiger charge is -2.25. The van der Waals surface area contributed by atoms with Crippen LogP contribution >= 0.6 is 11.8 Å². The van der Waals surface area contributed by atoms with Crippen molar-refractivity contribution in [3.63, 3.8) is 0 Å². The zero-order valence-electron chi connectivity index (χ0n) is 16.4. The minimum absolute atomic E-state index is 0.0156. The Hall–Kier alpha value is -3.00. The number of nitrogens with zero attached hydrogens (tertiary/aromatic N) is 1. The van der Waals surface area contributed by atoms with E-state index in [1.54, 1.807) is 38.1 Å². The number of benzene rings is 2. The van der Waals surface area contributed by atoms with E-state index >= 15 is 0 Å². The smallest absolute Gasteiger partial charge is 0.293 e. The molecule has 1 aliphatic rings. The van der Waals surface area contributed by atoms with Gasteiger partial charge in [-0.3, -0.25) is 19.3 Å². The molecule has 0 aliphatic carbocycles. The highest BCUT2D eigenvalue weighted by Gasteiger charge is 2.36. The Morgan fingerprint density at radius 2 is 1.70 bits per heavy atom. The fourth-order valence-electron chi connectivity index (χ4n) is 3.02. The molecular formula is C22H20F2N2O3S. The van der Waals surface area contributed by atoms with Crippen molar-refractivity contribution >= 4 is 34.9 Å². The van der Waals surface area contributed by atoms with Gasteiger partial charge in [0.1, 0.15) is 11.6 Å². The standard InChI is InChI=1S/C22H20F2N2O3S/c1-22(2,15-8-4-6-10-17(15)24)20(28)25-11-12-26-19(27)18(30-21(26)29)13-14-7-3-5-9-16(14)23/h3-10,13H,11-12H2,1-2H3,(H,25,28)/b18-13+. The minimum Gasteiger partial charge on any atom is -0.354 e. The van der Waals surface area contributed by atoms with Crippen LogP contribution in [0.1, 0.15) is 25.0 Å². The number of halogens is 2. The van der Waals surface area contributed by atoms with Gasteiger partial charge < -0.3 is 5.32 Å². The van der Waals surface area contributed by atoms with Crippen LogP contribution in [0.25, 0.3) is 6.08 Å². The van der Waals surface area contributed by atoms with E-state index in [0.717, 1.165) is 16.7 Å². The molecule has 0 spiro atoms. The molecule has 156 valence electrons. The van der Waals surface area contributed by atoms with E-state index in [1.165, 1.54) is 30.3 Å². The van der Waals surface area contributed by atoms with Crippen LogP contribution in [0.5, 0.6) is 0 Å². The molecule has 2 aromatic carbocycles. The first-order valence-corrected chi connectivity index (χ1v) is 10.1. The molecule has 5 nitrogen and oxygen atoms in total. The molecule has 1 saturated heterocycles. The number of rotatable bonds is 6. The van der Waals surface area contributed by atoms with Crippen molar-refractivity contribution in [2.24, 2.45) is 0 Å². The van der Waals surface area contributed by atoms with Gasteiger partial charge in [0.2, 0.25) is 5.91 Å². The zero-order chi connectivity index (χ0) is 21.9. The highest BCUT2D eigenvalue weighted by Crippen LogP contribution is 2.32. The van der Waals surface area contributed by atoms with Gasteiger partial charge in [-0.25, -0.2) is 8.78 Å². The Bertz CT molecular complexity index is 1040. The molecule has 1 aliphatic heterocycles. The van der Waals surface area contributed by atoms with Crippen LogP contribution in [-0.4, -0.2) is 35.0 Å². The van der Waals surface area contributed by atoms with Crippen molar-refractivity contribution in [2.75, 3.05) is 13.1 Å². The molecule has 1 heterocycles. The summed E-state index contributed by atoms with van der Waals surface area (Å²) in [5, 5.41) is 2.15. The van der Waals surface area contributed by atoms with Crippen molar-refractivity contribution in [2.45, 2.75) is 19.3 Å². The van der Waals surface area contributed by atoms with E-state index in [-0.39, 0.29) is 29.1 Å². The van der Waals surface area contributed by atoms with Gasteiger partial charge in [0.15, 0.2) is 0 Å². The fourth-order valence-corrected chi connectivity index (χ4v) is 3.87. The maximum absolute atomic E-state index is 14.1. The summed E-state index contributed by atoms with van der Waals surface area (Å²) in [5.41, 5.74) is -0.668. The second kappa shape index (κ2) is 8.79. The van der Waals surface area contributed by atoms with Gasteiger partial charge >= 0.3 is 0 Å². The van der Waals surface area contributed by atoms with Gasteiger partial charge in [-0.15, -0.1) is 0 Å². The molecule has 0 atom stereocenters. The highest BCUT2D eigenvalue weighted by atomic mass is 32.2. The van der Waals surface area contributed by atoms with Crippen molar-refractivity contribution in [3.8, 4) is 0 Å². The van der Waals surface area contributed by atoms with Crippen LogP contribution in [0.15, 0.2) is 53.4 Å². The SMILES string of the molecule is CC(C)(C(=O)NCCN1C(=O)S/C(=C/c2ccccc2F)C1=O)c1ccccc1F. The number of amides is 3. The fraction of sp³-hybridized carbons (Fsp3) is 0.227. The Balaban J connectivity index is 1.63. The van der Waals surface area contributed by atoms with E-state index in [4.69, 9.17) is 0 Å². The van der Waals surface area contributed by atoms with Gasteiger partial charge in [0.25, 0.3) is 11.1 Å². The summed E-state index contributed by atoms with van der Waals surface area (Å²) in [6.45, 7) is 3.16. The number of hydrogen-bond acceptors (Lipinski definition) is 4. The van der Waals surface area contributed by atoms with E-state index in [9.17, 15) is 23.2 Å². The summed E-state index contributed by atoms with van der Waals surface area (Å²) in [6.07, 6.45) is 1.33. The van der Waals surface area contributed by atoms with E-state index in [0.29, 0.717) is 0 Å². The molecule has 0 bridgehead atoms. The number of hydrogen-bond donors (Lipinski definition) is 1. The monoisotopic (exact) mass is 430 g/mol. The second-order valence-electron chi connectivity index (χ2n) is 7.22. The zero-order valence-corrected chi connectivity index (χ0v) is 17.3. The van der Waals surface area contributed by atoms with Crippen LogP contribution < -0.4 is 5.32 Å². The van der Waals surface area contributed by atoms with Gasteiger partial charge in [-0.05, 0) is 43.8 Å². The predicted octanol–water partition coefficient (Wildman–Crippen LogP) is 4.10. The quantitative estimate of drug-likeness (QED) is 0.701. The molecule has 1 fully saturated rings. The maximum Gasteiger partial charge on any atom is 0.293 e. The molecule has 1 N–H and O–H groups in total. The molecule has 2 aromatic rings. The second-order valence-corrected chi connectivity index (χ2v) is 8.21. The Morgan fingerprint density at radius 1 is 1.07 bits per heavy atom. The molecule has 0 radical (unpaired) electrons. The summed E-state index contributed by atoms with van der Waals surface area (Å²) in [7, 11) is 0. The molecule has 8 heteroatoms. The average Bonchev–Trinajstić information content (AvgIpc) is 2.97. The van der Waals surface area contributed by atoms with Crippen LogP contribution in [0.4, 0.5) is 13.6 Å². The normalized spacial score (nSPS) is 15.7. The number of carbonyl (C=O) groups is 3. The molecule has 0 saturated carbocycles. The van der Waals surface area contributed by atoms with Gasteiger partial charge in [0.05, 0.1) is 10.3 Å². The number of carbonyl (C=O) groups excluding carboxylic acids is 3. The summed E-state index contributed by atoms with van der Waals surface area (Å²) in [4.78, 5) is 38.4. The molecule has 3 amide bonds. The third kappa shape index (κ3) is 4.43. The lowest BCUT2D eigenvalue weighted by molar-refractivity contribution is -0.127. The lowest BCUT2D eigenvalue weighted by Crippen LogP contribution is -2.44. The summed E-state index contributed by atoms with van der Waals surface area (Å²) in [6, 6.07) is 12.0. The first-order chi connectivity index (χ1) is 14.2. The molecule has 30 heavy (non-hydrogen) atoms. The Kier molecular flexibility index (Phi) is 6.36. The predicted molar refractivity (Wildman–Crippen MR) is 112 cm³/mol. The van der Waals surface area contributed by atoms with Gasteiger partial charge in [0, 0.05) is 24.2 Å². The third-order valence-electron chi connectivity index (χ3n) is 4.80. The van der Waals surface area contributed by atoms with Crippen LogP contribution in [0.3, 0.4) is 0 Å². The summed E-state index contributed by atoms with van der Waals surface area (Å²) >= 11 is 0.718. The van der Waals surface area contributed by atoms with Crippen molar-refractivity contribution in [3.05, 3.63) is 76.2 Å². The van der Waals surface area contributed by atoms with E-state index < -0.39 is 34.1 Å².